The van der Waals surface area contributed by atoms with Gasteiger partial charge in [0.15, 0.2) is 11.0 Å². The number of pyridine rings is 1. The van der Waals surface area contributed by atoms with E-state index in [1.165, 1.54) is 4.68 Å². The van der Waals surface area contributed by atoms with Crippen LogP contribution in [-0.4, -0.2) is 30.5 Å². The highest BCUT2D eigenvalue weighted by atomic mass is 35.5. The van der Waals surface area contributed by atoms with E-state index in [4.69, 9.17) is 11.6 Å². The maximum absolute atomic E-state index is 13.2. The fourth-order valence-electron chi connectivity index (χ4n) is 4.10. The minimum absolute atomic E-state index is 0.127. The minimum Gasteiger partial charge on any atom is -0.311 e. The van der Waals surface area contributed by atoms with Gasteiger partial charge in [-0.3, -0.25) is 9.59 Å². The van der Waals surface area contributed by atoms with Crippen LogP contribution in [-0.2, 0) is 11.8 Å². The van der Waals surface area contributed by atoms with Gasteiger partial charge in [0.1, 0.15) is 5.82 Å². The third kappa shape index (κ3) is 2.80. The summed E-state index contributed by atoms with van der Waals surface area (Å²) < 4.78 is 3.16. The number of aromatic nitrogens is 5. The molecule has 150 valence electrons. The predicted octanol–water partition coefficient (Wildman–Crippen LogP) is 2.95. The number of rotatable bonds is 2. The van der Waals surface area contributed by atoms with E-state index >= 15 is 0 Å². The second-order valence-corrected chi connectivity index (χ2v) is 7.69. The fraction of sp³-hybridized carbons (Fsp3) is 0.190. The van der Waals surface area contributed by atoms with Gasteiger partial charge in [-0.2, -0.15) is 9.78 Å². The smallest absolute Gasteiger partial charge is 0.254 e. The molecule has 0 fully saturated rings. The van der Waals surface area contributed by atoms with Gasteiger partial charge in [0.25, 0.3) is 5.56 Å². The van der Waals surface area contributed by atoms with E-state index in [0.29, 0.717) is 22.9 Å². The van der Waals surface area contributed by atoms with Crippen molar-refractivity contribution in [3.63, 3.8) is 0 Å². The number of halogens is 1. The second kappa shape index (κ2) is 6.77. The van der Waals surface area contributed by atoms with Crippen LogP contribution in [0.4, 0.5) is 5.82 Å². The molecule has 3 aromatic heterocycles. The minimum atomic E-state index is -0.411. The van der Waals surface area contributed by atoms with Crippen LogP contribution in [0.5, 0.6) is 0 Å². The Morgan fingerprint density at radius 1 is 1.13 bits per heavy atom. The number of benzene rings is 1. The number of para-hydroxylation sites is 1. The van der Waals surface area contributed by atoms with Crippen molar-refractivity contribution in [2.45, 2.75) is 19.3 Å². The standard InChI is InChI=1S/C21H17ClN6O2/c1-11-19-13(14-9-12-5-3-4-6-15(12)27(2)21(14)30)10-18(29)23-20(19)28(26-11)17-8-7-16(22)24-25-17/h3-9,13H,10H2,1-2H3,(H,23,29). The first-order valence-electron chi connectivity index (χ1n) is 9.41. The number of anilines is 1. The number of hydrogen-bond donors (Lipinski definition) is 1. The molecule has 0 aliphatic carbocycles. The van der Waals surface area contributed by atoms with Crippen LogP contribution < -0.4 is 10.9 Å². The molecule has 4 aromatic rings. The number of fused-ring (bicyclic) bond motifs is 2. The molecule has 1 unspecified atom stereocenters. The average molecular weight is 421 g/mol. The Bertz CT molecular complexity index is 1370. The second-order valence-electron chi connectivity index (χ2n) is 7.30. The van der Waals surface area contributed by atoms with E-state index in [1.54, 1.807) is 23.7 Å². The first-order chi connectivity index (χ1) is 14.4. The Hall–Kier alpha value is -3.52. The van der Waals surface area contributed by atoms with E-state index in [0.717, 1.165) is 16.5 Å². The summed E-state index contributed by atoms with van der Waals surface area (Å²) in [7, 11) is 1.75. The summed E-state index contributed by atoms with van der Waals surface area (Å²) in [6.45, 7) is 1.86. The Kier molecular flexibility index (Phi) is 4.18. The molecular formula is C21H17ClN6O2. The third-order valence-corrected chi connectivity index (χ3v) is 5.68. The molecule has 0 saturated carbocycles. The molecule has 8 nitrogen and oxygen atoms in total. The first-order valence-corrected chi connectivity index (χ1v) is 9.79. The van der Waals surface area contributed by atoms with Gasteiger partial charge in [-0.1, -0.05) is 29.8 Å². The molecule has 0 bridgehead atoms. The van der Waals surface area contributed by atoms with E-state index in [9.17, 15) is 9.59 Å². The number of aryl methyl sites for hydroxylation is 2. The average Bonchev–Trinajstić information content (AvgIpc) is 3.07. The first kappa shape index (κ1) is 18.5. The van der Waals surface area contributed by atoms with Crippen molar-refractivity contribution in [1.82, 2.24) is 24.5 Å². The van der Waals surface area contributed by atoms with Crippen molar-refractivity contribution in [1.29, 1.82) is 0 Å². The van der Waals surface area contributed by atoms with Crippen LogP contribution in [0.2, 0.25) is 5.15 Å². The van der Waals surface area contributed by atoms with Crippen LogP contribution in [0.1, 0.15) is 29.2 Å². The molecule has 0 saturated heterocycles. The summed E-state index contributed by atoms with van der Waals surface area (Å²) >= 11 is 5.84. The Morgan fingerprint density at radius 2 is 1.93 bits per heavy atom. The zero-order valence-electron chi connectivity index (χ0n) is 16.3. The van der Waals surface area contributed by atoms with Gasteiger partial charge in [-0.05, 0) is 36.6 Å². The maximum Gasteiger partial charge on any atom is 0.254 e. The third-order valence-electron chi connectivity index (χ3n) is 5.47. The molecule has 1 aliphatic heterocycles. The number of carbonyl (C=O) groups is 1. The molecule has 0 radical (unpaired) electrons. The van der Waals surface area contributed by atoms with Crippen LogP contribution in [0, 0.1) is 6.92 Å². The highest BCUT2D eigenvalue weighted by Crippen LogP contribution is 2.39. The van der Waals surface area contributed by atoms with Gasteiger partial charge in [0.05, 0.1) is 11.2 Å². The van der Waals surface area contributed by atoms with Crippen molar-refractivity contribution < 1.29 is 4.79 Å². The van der Waals surface area contributed by atoms with Gasteiger partial charge < -0.3 is 9.88 Å². The molecule has 1 N–H and O–H groups in total. The van der Waals surface area contributed by atoms with Crippen LogP contribution >= 0.6 is 11.6 Å². The molecule has 30 heavy (non-hydrogen) atoms. The zero-order valence-corrected chi connectivity index (χ0v) is 17.0. The predicted molar refractivity (Wildman–Crippen MR) is 113 cm³/mol. The molecular weight excluding hydrogens is 404 g/mol. The lowest BCUT2D eigenvalue weighted by atomic mass is 9.86. The molecule has 5 rings (SSSR count). The number of hydrogen-bond acceptors (Lipinski definition) is 5. The number of amides is 1. The molecule has 1 atom stereocenters. The monoisotopic (exact) mass is 420 g/mol. The maximum atomic E-state index is 13.2. The largest absolute Gasteiger partial charge is 0.311 e. The van der Waals surface area contributed by atoms with Gasteiger partial charge in [-0.25, -0.2) is 0 Å². The topological polar surface area (TPSA) is 94.7 Å². The SMILES string of the molecule is Cc1nn(-c2ccc(Cl)nn2)c2c1C(c1cc3ccccc3n(C)c1=O)CC(=O)N2. The van der Waals surface area contributed by atoms with Crippen molar-refractivity contribution >= 4 is 34.2 Å². The molecule has 0 spiro atoms. The van der Waals surface area contributed by atoms with E-state index < -0.39 is 5.92 Å². The molecule has 4 heterocycles. The Morgan fingerprint density at radius 3 is 2.70 bits per heavy atom. The lowest BCUT2D eigenvalue weighted by molar-refractivity contribution is -0.116. The summed E-state index contributed by atoms with van der Waals surface area (Å²) in [4.78, 5) is 25.8. The van der Waals surface area contributed by atoms with E-state index in [2.05, 4.69) is 20.6 Å². The molecule has 1 aliphatic rings. The van der Waals surface area contributed by atoms with Gasteiger partial charge in [0.2, 0.25) is 5.91 Å². The Balaban J connectivity index is 1.73. The fourth-order valence-corrected chi connectivity index (χ4v) is 4.20. The van der Waals surface area contributed by atoms with Crippen molar-refractivity contribution in [2.24, 2.45) is 7.05 Å². The van der Waals surface area contributed by atoms with Crippen LogP contribution in [0.3, 0.4) is 0 Å². The number of nitrogens with one attached hydrogen (secondary N) is 1. The van der Waals surface area contributed by atoms with Crippen LogP contribution in [0.25, 0.3) is 16.7 Å². The van der Waals surface area contributed by atoms with Crippen molar-refractivity contribution in [3.05, 3.63) is 74.8 Å². The summed E-state index contributed by atoms with van der Waals surface area (Å²) in [5.41, 5.74) is 2.80. The van der Waals surface area contributed by atoms with E-state index in [1.807, 2.05) is 37.3 Å². The lowest BCUT2D eigenvalue weighted by Crippen LogP contribution is -2.30. The summed E-state index contributed by atoms with van der Waals surface area (Å²) in [5, 5.41) is 16.6. The van der Waals surface area contributed by atoms with Gasteiger partial charge >= 0.3 is 0 Å². The van der Waals surface area contributed by atoms with Gasteiger partial charge in [0, 0.05) is 30.5 Å². The molecule has 9 heteroatoms. The molecule has 1 aromatic carbocycles. The highest BCUT2D eigenvalue weighted by molar-refractivity contribution is 6.29. The highest BCUT2D eigenvalue weighted by Gasteiger charge is 2.34. The summed E-state index contributed by atoms with van der Waals surface area (Å²) in [6, 6.07) is 12.8. The van der Waals surface area contributed by atoms with Crippen molar-refractivity contribution in [2.75, 3.05) is 5.32 Å². The van der Waals surface area contributed by atoms with Crippen LogP contribution in [0.15, 0.2) is 47.3 Å². The number of carbonyl (C=O) groups excluding carboxylic acids is 1. The normalized spacial score (nSPS) is 15.8. The Labute approximate surface area is 176 Å². The van der Waals surface area contributed by atoms with Gasteiger partial charge in [-0.15, -0.1) is 10.2 Å². The summed E-state index contributed by atoms with van der Waals surface area (Å²) in [6.07, 6.45) is 0.166. The molecule has 1 amide bonds. The number of nitrogens with zero attached hydrogens (tertiary/aromatic N) is 5. The van der Waals surface area contributed by atoms with E-state index in [-0.39, 0.29) is 23.0 Å². The summed E-state index contributed by atoms with van der Waals surface area (Å²) in [5.74, 6) is 0.327. The quantitative estimate of drug-likeness (QED) is 0.538. The lowest BCUT2D eigenvalue weighted by Gasteiger charge is -2.24. The van der Waals surface area contributed by atoms with Crippen molar-refractivity contribution in [3.8, 4) is 5.82 Å². The zero-order chi connectivity index (χ0) is 21.0.